The van der Waals surface area contributed by atoms with Gasteiger partial charge in [0.1, 0.15) is 0 Å². The zero-order chi connectivity index (χ0) is 15.0. The Hall–Kier alpha value is 0.0300. The van der Waals surface area contributed by atoms with Crippen LogP contribution in [-0.4, -0.2) is 47.7 Å². The number of carbonyl (C=O) groups excluding carboxylic acids is 1. The molecule has 0 spiro atoms. The van der Waals surface area contributed by atoms with Gasteiger partial charge in [0.25, 0.3) is 0 Å². The van der Waals surface area contributed by atoms with Gasteiger partial charge >= 0.3 is 0 Å². The molecule has 0 aromatic heterocycles. The highest BCUT2D eigenvalue weighted by molar-refractivity contribution is 8.01. The van der Waals surface area contributed by atoms with Crippen molar-refractivity contribution in [1.29, 1.82) is 0 Å². The lowest BCUT2D eigenvalue weighted by Gasteiger charge is -2.46. The lowest BCUT2D eigenvalue weighted by molar-refractivity contribution is -0.120. The van der Waals surface area contributed by atoms with Gasteiger partial charge in [-0.3, -0.25) is 4.79 Å². The molecule has 1 aliphatic carbocycles. The van der Waals surface area contributed by atoms with Gasteiger partial charge in [0.2, 0.25) is 5.91 Å². The molecule has 3 aliphatic rings. The molecule has 7 unspecified atom stereocenters. The molecule has 2 aliphatic heterocycles. The van der Waals surface area contributed by atoms with Crippen LogP contribution in [0, 0.1) is 11.8 Å². The number of carbonyl (C=O) groups is 1. The molecule has 0 aromatic carbocycles. The second-order valence-electron chi connectivity index (χ2n) is 6.42. The SMILES string of the molecule is CCNC(=O)C1CC2CC3CCC(OC)C(Cl)C3NC2S1. The van der Waals surface area contributed by atoms with Gasteiger partial charge in [-0.25, -0.2) is 0 Å². The smallest absolute Gasteiger partial charge is 0.233 e. The number of ether oxygens (including phenoxy) is 1. The lowest BCUT2D eigenvalue weighted by Crippen LogP contribution is -2.58. The fraction of sp³-hybridized carbons (Fsp3) is 0.933. The summed E-state index contributed by atoms with van der Waals surface area (Å²) in [5.41, 5.74) is 0. The van der Waals surface area contributed by atoms with Crippen molar-refractivity contribution in [2.45, 2.75) is 60.8 Å². The molecule has 2 N–H and O–H groups in total. The first-order valence-electron chi connectivity index (χ1n) is 8.00. The Kier molecular flexibility index (Phi) is 5.04. The van der Waals surface area contributed by atoms with Crippen molar-refractivity contribution < 1.29 is 9.53 Å². The number of fused-ring (bicyclic) bond motifs is 2. The summed E-state index contributed by atoms with van der Waals surface area (Å²) in [6.07, 6.45) is 4.59. The molecule has 1 saturated carbocycles. The topological polar surface area (TPSA) is 50.4 Å². The van der Waals surface area contributed by atoms with Gasteiger partial charge in [-0.15, -0.1) is 23.4 Å². The Labute approximate surface area is 136 Å². The van der Waals surface area contributed by atoms with Crippen molar-refractivity contribution in [1.82, 2.24) is 10.6 Å². The number of methoxy groups -OCH3 is 1. The van der Waals surface area contributed by atoms with E-state index in [1.807, 2.05) is 6.92 Å². The fourth-order valence-corrected chi connectivity index (χ4v) is 6.23. The van der Waals surface area contributed by atoms with E-state index in [2.05, 4.69) is 10.6 Å². The van der Waals surface area contributed by atoms with Crippen LogP contribution in [0.15, 0.2) is 0 Å². The molecule has 3 rings (SSSR count). The standard InChI is InChI=1S/C15H25ClN2O2S/c1-3-17-14(19)11-7-9-6-8-4-5-10(20-2)12(16)13(8)18-15(9)21-11/h8-13,15,18H,3-7H2,1-2H3,(H,17,19). The van der Waals surface area contributed by atoms with Crippen LogP contribution in [0.5, 0.6) is 0 Å². The number of alkyl halides is 1. The van der Waals surface area contributed by atoms with Crippen molar-refractivity contribution in [2.24, 2.45) is 11.8 Å². The summed E-state index contributed by atoms with van der Waals surface area (Å²) in [7, 11) is 1.75. The predicted molar refractivity (Wildman–Crippen MR) is 86.7 cm³/mol. The van der Waals surface area contributed by atoms with Gasteiger partial charge in [0, 0.05) is 19.7 Å². The van der Waals surface area contributed by atoms with E-state index in [0.717, 1.165) is 12.8 Å². The summed E-state index contributed by atoms with van der Waals surface area (Å²) in [4.78, 5) is 12.1. The molecule has 21 heavy (non-hydrogen) atoms. The number of rotatable bonds is 3. The summed E-state index contributed by atoms with van der Waals surface area (Å²) in [6.45, 7) is 2.68. The van der Waals surface area contributed by atoms with Gasteiger partial charge in [-0.05, 0) is 44.4 Å². The molecule has 7 atom stereocenters. The van der Waals surface area contributed by atoms with Crippen LogP contribution in [0.25, 0.3) is 0 Å². The molecule has 0 bridgehead atoms. The van der Waals surface area contributed by atoms with Crippen molar-refractivity contribution in [2.75, 3.05) is 13.7 Å². The molecule has 0 aromatic rings. The summed E-state index contributed by atoms with van der Waals surface area (Å²) in [6, 6.07) is 0.326. The van der Waals surface area contributed by atoms with Crippen molar-refractivity contribution >= 4 is 29.3 Å². The van der Waals surface area contributed by atoms with Crippen LogP contribution in [0.3, 0.4) is 0 Å². The summed E-state index contributed by atoms with van der Waals surface area (Å²) in [5, 5.41) is 7.19. The Morgan fingerprint density at radius 2 is 2.19 bits per heavy atom. The van der Waals surface area contributed by atoms with E-state index >= 15 is 0 Å². The molecule has 3 fully saturated rings. The molecule has 120 valence electrons. The number of piperidine rings is 1. The average Bonchev–Trinajstić information content (AvgIpc) is 2.89. The number of thioether (sulfide) groups is 1. The Bertz CT molecular complexity index is 398. The maximum absolute atomic E-state index is 12.1. The number of amides is 1. The number of nitrogens with one attached hydrogen (secondary N) is 2. The maximum atomic E-state index is 12.1. The van der Waals surface area contributed by atoms with Crippen LogP contribution >= 0.6 is 23.4 Å². The van der Waals surface area contributed by atoms with Crippen molar-refractivity contribution in [3.63, 3.8) is 0 Å². The molecule has 4 nitrogen and oxygen atoms in total. The molecular formula is C15H25ClN2O2S. The van der Waals surface area contributed by atoms with E-state index in [0.29, 0.717) is 29.8 Å². The van der Waals surface area contributed by atoms with Crippen LogP contribution in [0.2, 0.25) is 0 Å². The Morgan fingerprint density at radius 3 is 2.90 bits per heavy atom. The van der Waals surface area contributed by atoms with Gasteiger partial charge in [0.15, 0.2) is 0 Å². The summed E-state index contributed by atoms with van der Waals surface area (Å²) >= 11 is 8.41. The minimum absolute atomic E-state index is 0.0406. The molecule has 1 amide bonds. The van der Waals surface area contributed by atoms with Gasteiger partial charge < -0.3 is 15.4 Å². The van der Waals surface area contributed by atoms with Gasteiger partial charge in [-0.2, -0.15) is 0 Å². The minimum Gasteiger partial charge on any atom is -0.380 e. The molecule has 2 saturated heterocycles. The third-order valence-corrected chi connectivity index (χ3v) is 7.29. The van der Waals surface area contributed by atoms with E-state index < -0.39 is 0 Å². The van der Waals surface area contributed by atoms with Crippen LogP contribution < -0.4 is 10.6 Å². The number of hydrogen-bond acceptors (Lipinski definition) is 4. The van der Waals surface area contributed by atoms with E-state index in [1.54, 1.807) is 18.9 Å². The summed E-state index contributed by atoms with van der Waals surface area (Å²) < 4.78 is 5.51. The number of halogens is 1. The minimum atomic E-state index is 0.0406. The third kappa shape index (κ3) is 3.07. The Balaban J connectivity index is 1.64. The van der Waals surface area contributed by atoms with E-state index in [4.69, 9.17) is 16.3 Å². The van der Waals surface area contributed by atoms with Crippen molar-refractivity contribution in [3.8, 4) is 0 Å². The summed E-state index contributed by atoms with van der Waals surface area (Å²) in [5.74, 6) is 1.43. The second-order valence-corrected chi connectivity index (χ2v) is 8.27. The van der Waals surface area contributed by atoms with E-state index in [1.165, 1.54) is 12.8 Å². The predicted octanol–water partition coefficient (Wildman–Crippen LogP) is 1.96. The molecule has 6 heteroatoms. The van der Waals surface area contributed by atoms with Crippen LogP contribution in [-0.2, 0) is 9.53 Å². The van der Waals surface area contributed by atoms with E-state index in [9.17, 15) is 4.79 Å². The van der Waals surface area contributed by atoms with Crippen molar-refractivity contribution in [3.05, 3.63) is 0 Å². The highest BCUT2D eigenvalue weighted by Crippen LogP contribution is 2.47. The zero-order valence-corrected chi connectivity index (χ0v) is 14.3. The lowest BCUT2D eigenvalue weighted by atomic mass is 9.74. The monoisotopic (exact) mass is 332 g/mol. The average molecular weight is 333 g/mol. The first kappa shape index (κ1) is 15.9. The highest BCUT2D eigenvalue weighted by Gasteiger charge is 2.49. The normalized spacial score (nSPS) is 45.8. The van der Waals surface area contributed by atoms with Gasteiger partial charge in [0.05, 0.1) is 22.1 Å². The third-order valence-electron chi connectivity index (χ3n) is 5.19. The molecular weight excluding hydrogens is 308 g/mol. The van der Waals surface area contributed by atoms with Crippen LogP contribution in [0.4, 0.5) is 0 Å². The molecule has 2 heterocycles. The van der Waals surface area contributed by atoms with Gasteiger partial charge in [-0.1, -0.05) is 0 Å². The largest absolute Gasteiger partial charge is 0.380 e. The zero-order valence-electron chi connectivity index (χ0n) is 12.7. The second kappa shape index (κ2) is 6.65. The number of hydrogen-bond donors (Lipinski definition) is 2. The fourth-order valence-electron chi connectivity index (χ4n) is 4.12. The van der Waals surface area contributed by atoms with Crippen LogP contribution in [0.1, 0.15) is 32.6 Å². The maximum Gasteiger partial charge on any atom is 0.233 e. The first-order chi connectivity index (χ1) is 10.1. The highest BCUT2D eigenvalue weighted by atomic mass is 35.5. The quantitative estimate of drug-likeness (QED) is 0.776. The first-order valence-corrected chi connectivity index (χ1v) is 9.38. The Morgan fingerprint density at radius 1 is 1.38 bits per heavy atom. The van der Waals surface area contributed by atoms with E-state index in [-0.39, 0.29) is 22.6 Å². The molecule has 0 radical (unpaired) electrons.